The number of rotatable bonds is 2. The van der Waals surface area contributed by atoms with Gasteiger partial charge in [-0.05, 0) is 56.7 Å². The molecule has 0 radical (unpaired) electrons. The van der Waals surface area contributed by atoms with Crippen molar-refractivity contribution in [2.75, 3.05) is 0 Å². The average Bonchev–Trinajstić information content (AvgIpc) is 3.13. The van der Waals surface area contributed by atoms with E-state index in [2.05, 4.69) is 18.7 Å². The number of carbonyl (C=O) groups is 1. The first-order chi connectivity index (χ1) is 9.49. The molecule has 4 atom stereocenters. The summed E-state index contributed by atoms with van der Waals surface area (Å²) in [5, 5.41) is 1.14. The lowest BCUT2D eigenvalue weighted by molar-refractivity contribution is -0.134. The van der Waals surface area contributed by atoms with Gasteiger partial charge in [-0.3, -0.25) is 4.79 Å². The third-order valence-electron chi connectivity index (χ3n) is 4.69. The molecule has 1 saturated carbocycles. The normalized spacial score (nSPS) is 32.5. The molecule has 2 nitrogen and oxygen atoms in total. The fourth-order valence-corrected chi connectivity index (χ4v) is 3.71. The first-order valence-electron chi connectivity index (χ1n) is 7.26. The lowest BCUT2D eigenvalue weighted by atomic mass is 10.1. The lowest BCUT2D eigenvalue weighted by Gasteiger charge is -2.26. The van der Waals surface area contributed by atoms with Crippen LogP contribution in [0.4, 0.5) is 0 Å². The Morgan fingerprint density at radius 3 is 2.40 bits per heavy atom. The third-order valence-corrected chi connectivity index (χ3v) is 5.42. The van der Waals surface area contributed by atoms with Crippen LogP contribution >= 0.6 is 23.2 Å². The van der Waals surface area contributed by atoms with E-state index in [1.165, 1.54) is 0 Å². The van der Waals surface area contributed by atoms with Crippen molar-refractivity contribution in [2.24, 2.45) is 5.92 Å². The summed E-state index contributed by atoms with van der Waals surface area (Å²) in [6.07, 6.45) is 3.18. The van der Waals surface area contributed by atoms with Gasteiger partial charge in [-0.2, -0.15) is 0 Å². The number of benzene rings is 1. The Morgan fingerprint density at radius 2 is 1.80 bits per heavy atom. The maximum atomic E-state index is 12.6. The minimum atomic E-state index is 0.134. The molecule has 1 saturated heterocycles. The molecule has 2 aliphatic rings. The van der Waals surface area contributed by atoms with Crippen molar-refractivity contribution in [1.82, 2.24) is 4.90 Å². The molecule has 1 aliphatic carbocycles. The molecule has 0 spiro atoms. The van der Waals surface area contributed by atoms with E-state index >= 15 is 0 Å². The van der Waals surface area contributed by atoms with E-state index < -0.39 is 0 Å². The number of halogens is 2. The van der Waals surface area contributed by atoms with Crippen molar-refractivity contribution >= 4 is 29.1 Å². The molecular weight excluding hydrogens is 293 g/mol. The molecule has 1 heterocycles. The summed E-state index contributed by atoms with van der Waals surface area (Å²) in [6, 6.07) is 6.47. The molecule has 1 aromatic carbocycles. The van der Waals surface area contributed by atoms with Crippen LogP contribution in [0.5, 0.6) is 0 Å². The van der Waals surface area contributed by atoms with Gasteiger partial charge in [-0.1, -0.05) is 29.3 Å². The van der Waals surface area contributed by atoms with Crippen LogP contribution in [0.25, 0.3) is 0 Å². The highest BCUT2D eigenvalue weighted by Crippen LogP contribution is 2.50. The minimum absolute atomic E-state index is 0.134. The lowest BCUT2D eigenvalue weighted by Crippen LogP contribution is -2.39. The predicted octanol–water partition coefficient (Wildman–Crippen LogP) is 4.50. The molecule has 0 N–H and O–H groups in total. The highest BCUT2D eigenvalue weighted by Gasteiger charge is 2.48. The van der Waals surface area contributed by atoms with Gasteiger partial charge < -0.3 is 4.90 Å². The van der Waals surface area contributed by atoms with Crippen LogP contribution in [0.2, 0.25) is 10.0 Å². The van der Waals surface area contributed by atoms with E-state index in [-0.39, 0.29) is 5.92 Å². The van der Waals surface area contributed by atoms with E-state index in [0.717, 1.165) is 24.8 Å². The molecule has 4 heteroatoms. The summed E-state index contributed by atoms with van der Waals surface area (Å²) in [7, 11) is 0. The first kappa shape index (κ1) is 14.2. The summed E-state index contributed by atoms with van der Waals surface area (Å²) in [6.45, 7) is 4.30. The quantitative estimate of drug-likeness (QED) is 0.787. The van der Waals surface area contributed by atoms with Gasteiger partial charge in [0.25, 0.3) is 0 Å². The van der Waals surface area contributed by atoms with Gasteiger partial charge in [0.15, 0.2) is 0 Å². The van der Waals surface area contributed by atoms with Gasteiger partial charge >= 0.3 is 0 Å². The summed E-state index contributed by atoms with van der Waals surface area (Å²) in [4.78, 5) is 14.7. The molecule has 1 amide bonds. The van der Waals surface area contributed by atoms with Crippen molar-refractivity contribution < 1.29 is 4.79 Å². The van der Waals surface area contributed by atoms with Gasteiger partial charge in [0.2, 0.25) is 5.91 Å². The van der Waals surface area contributed by atoms with Gasteiger partial charge in [0, 0.05) is 18.0 Å². The van der Waals surface area contributed by atoms with Crippen LogP contribution in [0.3, 0.4) is 0 Å². The number of nitrogens with zero attached hydrogens (tertiary/aromatic N) is 1. The van der Waals surface area contributed by atoms with E-state index in [4.69, 9.17) is 23.2 Å². The van der Waals surface area contributed by atoms with E-state index in [1.54, 1.807) is 0 Å². The van der Waals surface area contributed by atoms with E-state index in [1.807, 2.05) is 18.2 Å². The highest BCUT2D eigenvalue weighted by atomic mass is 35.5. The fourth-order valence-electron chi connectivity index (χ4n) is 3.40. The summed E-state index contributed by atoms with van der Waals surface area (Å²) < 4.78 is 0. The molecule has 3 rings (SSSR count). The van der Waals surface area contributed by atoms with E-state index in [9.17, 15) is 4.79 Å². The Labute approximate surface area is 130 Å². The maximum Gasteiger partial charge on any atom is 0.226 e. The molecular formula is C16H19Cl2NO. The van der Waals surface area contributed by atoms with E-state index in [0.29, 0.717) is 34.0 Å². The third kappa shape index (κ3) is 2.44. The Hall–Kier alpha value is -0.730. The maximum absolute atomic E-state index is 12.6. The van der Waals surface area contributed by atoms with Crippen LogP contribution in [0.1, 0.15) is 44.6 Å². The van der Waals surface area contributed by atoms with Crippen molar-refractivity contribution in [3.8, 4) is 0 Å². The van der Waals surface area contributed by atoms with Gasteiger partial charge in [-0.25, -0.2) is 0 Å². The molecule has 20 heavy (non-hydrogen) atoms. The van der Waals surface area contributed by atoms with Crippen molar-refractivity contribution in [1.29, 1.82) is 0 Å². The van der Waals surface area contributed by atoms with Crippen LogP contribution in [-0.2, 0) is 4.79 Å². The standard InChI is InChI=1S/C16H19Cl2NO/c1-9-3-4-10(2)19(9)16(20)13-8-12(13)11-5-6-14(17)15(18)7-11/h5-7,9-10,12-13H,3-4,8H2,1-2H3. The Balaban J connectivity index is 1.72. The van der Waals surface area contributed by atoms with Crippen LogP contribution < -0.4 is 0 Å². The molecule has 2 fully saturated rings. The topological polar surface area (TPSA) is 20.3 Å². The van der Waals surface area contributed by atoms with Crippen LogP contribution in [0.15, 0.2) is 18.2 Å². The van der Waals surface area contributed by atoms with Crippen molar-refractivity contribution in [3.63, 3.8) is 0 Å². The summed E-state index contributed by atoms with van der Waals surface area (Å²) in [5.41, 5.74) is 1.14. The summed E-state index contributed by atoms with van der Waals surface area (Å²) in [5.74, 6) is 0.770. The smallest absolute Gasteiger partial charge is 0.226 e. The molecule has 1 aliphatic heterocycles. The summed E-state index contributed by atoms with van der Waals surface area (Å²) >= 11 is 12.0. The molecule has 108 valence electrons. The average molecular weight is 312 g/mol. The fraction of sp³-hybridized carbons (Fsp3) is 0.562. The second kappa shape index (κ2) is 5.23. The van der Waals surface area contributed by atoms with Crippen LogP contribution in [0, 0.1) is 5.92 Å². The largest absolute Gasteiger partial charge is 0.337 e. The van der Waals surface area contributed by atoms with Gasteiger partial charge in [0.1, 0.15) is 0 Å². The minimum Gasteiger partial charge on any atom is -0.337 e. The number of amides is 1. The van der Waals surface area contributed by atoms with Crippen molar-refractivity contribution in [2.45, 2.75) is 51.1 Å². The first-order valence-corrected chi connectivity index (χ1v) is 8.01. The molecule has 0 bridgehead atoms. The number of likely N-dealkylation sites (tertiary alicyclic amines) is 1. The molecule has 4 unspecified atom stereocenters. The zero-order valence-corrected chi connectivity index (χ0v) is 13.3. The second-order valence-corrected chi connectivity index (χ2v) is 6.96. The number of hydrogen-bond acceptors (Lipinski definition) is 1. The second-order valence-electron chi connectivity index (χ2n) is 6.14. The van der Waals surface area contributed by atoms with Gasteiger partial charge in [0.05, 0.1) is 10.0 Å². The number of carbonyl (C=O) groups excluding carboxylic acids is 1. The van der Waals surface area contributed by atoms with Crippen LogP contribution in [-0.4, -0.2) is 22.9 Å². The Kier molecular flexibility index (Phi) is 3.72. The predicted molar refractivity (Wildman–Crippen MR) is 82.3 cm³/mol. The molecule has 1 aromatic rings. The zero-order valence-electron chi connectivity index (χ0n) is 11.8. The SMILES string of the molecule is CC1CCC(C)N1C(=O)C1CC1c1ccc(Cl)c(Cl)c1. The molecule has 0 aromatic heterocycles. The zero-order chi connectivity index (χ0) is 14.4. The van der Waals surface area contributed by atoms with Gasteiger partial charge in [-0.15, -0.1) is 0 Å². The highest BCUT2D eigenvalue weighted by molar-refractivity contribution is 6.42. The Bertz CT molecular complexity index is 535. The monoisotopic (exact) mass is 311 g/mol. The number of hydrogen-bond donors (Lipinski definition) is 0. The van der Waals surface area contributed by atoms with Crippen molar-refractivity contribution in [3.05, 3.63) is 33.8 Å². The Morgan fingerprint density at radius 1 is 1.15 bits per heavy atom.